The maximum atomic E-state index is 16.1. The lowest BCUT2D eigenvalue weighted by Crippen LogP contribution is -2.49. The second kappa shape index (κ2) is 15.1. The molecule has 10 nitrogen and oxygen atoms in total. The second-order valence-corrected chi connectivity index (χ2v) is 15.9. The number of nitrogens with zero attached hydrogens (tertiary/aromatic N) is 6. The quantitative estimate of drug-likeness (QED) is 0.0587. The van der Waals surface area contributed by atoms with E-state index in [9.17, 15) is 20.2 Å². The third-order valence-electron chi connectivity index (χ3n) is 9.75. The molecule has 2 aromatic heterocycles. The summed E-state index contributed by atoms with van der Waals surface area (Å²) in [5, 5.41) is 38.2. The van der Waals surface area contributed by atoms with E-state index in [1.165, 1.54) is 76.2 Å². The molecule has 300 valence electrons. The number of hydrogen-bond donors (Lipinski definition) is 0. The summed E-state index contributed by atoms with van der Waals surface area (Å²) in [5.41, 5.74) is -1.11. The molecular weight excluding hydrogens is 819 g/mol. The minimum absolute atomic E-state index is 0.113. The number of rotatable bonds is 10. The standard InChI is InChI=1S/C41H28F6N6O4S2/c1-21-33(23(3)58-37(21)25-5-9-27(10-6-25)48-50-29-13-17-31(18-14-29)52(54)55)35-36(40(44,45)41(46,47)39(35,42)43)34-22(2)38(59-24(34)4)26-7-11-28(12-8-26)49-51-30-15-19-32(20-16-30)53(56)57/h5-20H,1-4H3. The zero-order chi connectivity index (χ0) is 42.6. The van der Waals surface area contributed by atoms with E-state index in [-0.39, 0.29) is 43.4 Å². The predicted octanol–water partition coefficient (Wildman–Crippen LogP) is 14.9. The molecule has 6 aromatic rings. The molecule has 0 radical (unpaired) electrons. The first kappa shape index (κ1) is 40.8. The highest BCUT2D eigenvalue weighted by Crippen LogP contribution is 2.67. The molecule has 18 heteroatoms. The molecule has 0 saturated carbocycles. The van der Waals surface area contributed by atoms with Gasteiger partial charge in [-0.3, -0.25) is 20.2 Å². The minimum atomic E-state index is -5.75. The van der Waals surface area contributed by atoms with Crippen LogP contribution in [-0.2, 0) is 0 Å². The first-order valence-corrected chi connectivity index (χ1v) is 19.1. The molecule has 2 heterocycles. The Hall–Kier alpha value is -6.40. The Morgan fingerprint density at radius 1 is 0.475 bits per heavy atom. The van der Waals surface area contributed by atoms with Gasteiger partial charge >= 0.3 is 17.8 Å². The van der Waals surface area contributed by atoms with Crippen molar-refractivity contribution >= 4 is 67.9 Å². The molecule has 0 amide bonds. The van der Waals surface area contributed by atoms with Crippen molar-refractivity contribution in [1.82, 2.24) is 0 Å². The maximum Gasteiger partial charge on any atom is 0.380 e. The summed E-state index contributed by atoms with van der Waals surface area (Å²) in [6, 6.07) is 23.5. The summed E-state index contributed by atoms with van der Waals surface area (Å²) in [4.78, 5) is 21.8. The molecule has 0 N–H and O–H groups in total. The molecule has 0 bridgehead atoms. The van der Waals surface area contributed by atoms with Crippen LogP contribution in [0.15, 0.2) is 118 Å². The largest absolute Gasteiger partial charge is 0.380 e. The van der Waals surface area contributed by atoms with Gasteiger partial charge in [0.15, 0.2) is 0 Å². The normalized spacial score (nSPS) is 15.8. The van der Waals surface area contributed by atoms with Crippen LogP contribution in [0.1, 0.15) is 32.0 Å². The number of halogens is 6. The molecule has 0 aliphatic heterocycles. The fourth-order valence-corrected chi connectivity index (χ4v) is 9.20. The van der Waals surface area contributed by atoms with Crippen LogP contribution in [0.3, 0.4) is 0 Å². The van der Waals surface area contributed by atoms with Crippen molar-refractivity contribution in [2.75, 3.05) is 0 Å². The average molecular weight is 847 g/mol. The van der Waals surface area contributed by atoms with Gasteiger partial charge in [0.05, 0.1) is 32.6 Å². The molecule has 7 rings (SSSR count). The number of benzene rings is 4. The van der Waals surface area contributed by atoms with E-state index < -0.39 is 38.8 Å². The topological polar surface area (TPSA) is 136 Å². The third kappa shape index (κ3) is 7.11. The van der Waals surface area contributed by atoms with Crippen molar-refractivity contribution < 1.29 is 36.2 Å². The van der Waals surface area contributed by atoms with Gasteiger partial charge in [0.1, 0.15) is 0 Å². The Morgan fingerprint density at radius 3 is 1.02 bits per heavy atom. The highest BCUT2D eigenvalue weighted by atomic mass is 32.1. The molecule has 59 heavy (non-hydrogen) atoms. The number of allylic oxidation sites excluding steroid dienone is 2. The van der Waals surface area contributed by atoms with Crippen LogP contribution in [0, 0.1) is 47.9 Å². The van der Waals surface area contributed by atoms with Crippen LogP contribution in [0.5, 0.6) is 0 Å². The number of nitro benzene ring substituents is 2. The van der Waals surface area contributed by atoms with Crippen LogP contribution in [-0.4, -0.2) is 27.6 Å². The fraction of sp³-hybridized carbons (Fsp3) is 0.171. The van der Waals surface area contributed by atoms with Crippen molar-refractivity contribution in [1.29, 1.82) is 0 Å². The van der Waals surface area contributed by atoms with E-state index in [4.69, 9.17) is 0 Å². The molecule has 0 spiro atoms. The Kier molecular flexibility index (Phi) is 10.4. The lowest BCUT2D eigenvalue weighted by Gasteiger charge is -2.26. The van der Waals surface area contributed by atoms with E-state index in [0.717, 1.165) is 22.7 Å². The van der Waals surface area contributed by atoms with E-state index in [1.807, 2.05) is 0 Å². The van der Waals surface area contributed by atoms with Gasteiger partial charge in [-0.15, -0.1) is 22.7 Å². The third-order valence-corrected chi connectivity index (χ3v) is 12.3. The minimum Gasteiger partial charge on any atom is -0.258 e. The van der Waals surface area contributed by atoms with E-state index in [2.05, 4.69) is 20.5 Å². The molecule has 1 aliphatic rings. The van der Waals surface area contributed by atoms with Crippen LogP contribution < -0.4 is 0 Å². The SMILES string of the molecule is Cc1sc(-c2ccc(N=Nc3ccc([N+](=O)[O-])cc3)cc2)c(C)c1C1=C(c2c(C)sc(-c3ccc(N=Nc4ccc([N+](=O)[O-])cc4)cc3)c2C)C(F)(F)C(F)(F)C1(F)F. The molecular formula is C41H28F6N6O4S2. The Labute approximate surface area is 339 Å². The fourth-order valence-electron chi connectivity index (χ4n) is 6.86. The summed E-state index contributed by atoms with van der Waals surface area (Å²) < 4.78 is 95.5. The first-order valence-electron chi connectivity index (χ1n) is 17.5. The predicted molar refractivity (Wildman–Crippen MR) is 215 cm³/mol. The zero-order valence-electron chi connectivity index (χ0n) is 31.1. The van der Waals surface area contributed by atoms with E-state index in [0.29, 0.717) is 43.6 Å². The van der Waals surface area contributed by atoms with Gasteiger partial charge in [-0.1, -0.05) is 24.3 Å². The van der Waals surface area contributed by atoms with Crippen molar-refractivity contribution in [3.63, 3.8) is 0 Å². The molecule has 0 unspecified atom stereocenters. The molecule has 0 fully saturated rings. The Morgan fingerprint density at radius 2 is 0.746 bits per heavy atom. The van der Waals surface area contributed by atoms with Gasteiger partial charge in [-0.05, 0) is 98.5 Å². The first-order chi connectivity index (χ1) is 27.8. The highest BCUT2D eigenvalue weighted by molar-refractivity contribution is 7.16. The van der Waals surface area contributed by atoms with Crippen LogP contribution >= 0.6 is 22.7 Å². The highest BCUT2D eigenvalue weighted by Gasteiger charge is 2.80. The monoisotopic (exact) mass is 846 g/mol. The van der Waals surface area contributed by atoms with E-state index in [1.54, 1.807) is 48.5 Å². The molecule has 0 atom stereocenters. The number of azo groups is 2. The smallest absolute Gasteiger partial charge is 0.258 e. The zero-order valence-corrected chi connectivity index (χ0v) is 32.8. The van der Waals surface area contributed by atoms with Crippen molar-refractivity contribution in [2.24, 2.45) is 20.5 Å². The van der Waals surface area contributed by atoms with E-state index >= 15 is 26.3 Å². The maximum absolute atomic E-state index is 16.1. The number of aryl methyl sites for hydroxylation is 2. The second-order valence-electron chi connectivity index (χ2n) is 13.5. The van der Waals surface area contributed by atoms with Gasteiger partial charge in [0.25, 0.3) is 11.4 Å². The number of non-ortho nitro benzene ring substituents is 2. The number of alkyl halides is 6. The van der Waals surface area contributed by atoms with Gasteiger partial charge in [-0.25, -0.2) is 0 Å². The van der Waals surface area contributed by atoms with Gasteiger partial charge in [0.2, 0.25) is 0 Å². The summed E-state index contributed by atoms with van der Waals surface area (Å²) in [6.07, 6.45) is 0. The summed E-state index contributed by atoms with van der Waals surface area (Å²) in [7, 11) is 0. The van der Waals surface area contributed by atoms with Gasteiger partial charge in [0, 0.05) is 66.0 Å². The number of nitro groups is 2. The molecule has 0 saturated heterocycles. The average Bonchev–Trinajstić information content (AvgIpc) is 3.70. The lowest BCUT2D eigenvalue weighted by atomic mass is 9.90. The Balaban J connectivity index is 1.24. The van der Waals surface area contributed by atoms with Crippen molar-refractivity contribution in [3.05, 3.63) is 149 Å². The lowest BCUT2D eigenvalue weighted by molar-refractivity contribution is -0.385. The van der Waals surface area contributed by atoms with Crippen molar-refractivity contribution in [3.8, 4) is 20.9 Å². The Bertz CT molecular complexity index is 2540. The number of thiophene rings is 2. The number of hydrogen-bond acceptors (Lipinski definition) is 10. The van der Waals surface area contributed by atoms with Crippen LogP contribution in [0.2, 0.25) is 0 Å². The molecule has 4 aromatic carbocycles. The van der Waals surface area contributed by atoms with Crippen LogP contribution in [0.4, 0.5) is 60.5 Å². The van der Waals surface area contributed by atoms with Gasteiger partial charge in [-0.2, -0.15) is 46.8 Å². The summed E-state index contributed by atoms with van der Waals surface area (Å²) >= 11 is 2.02. The van der Waals surface area contributed by atoms with Gasteiger partial charge < -0.3 is 0 Å². The van der Waals surface area contributed by atoms with Crippen molar-refractivity contribution in [2.45, 2.75) is 45.5 Å². The summed E-state index contributed by atoms with van der Waals surface area (Å²) in [6.45, 7) is 5.73. The summed E-state index contributed by atoms with van der Waals surface area (Å²) in [5.74, 6) is -16.3. The van der Waals surface area contributed by atoms with Crippen LogP contribution in [0.25, 0.3) is 32.0 Å². The molecule has 1 aliphatic carbocycles.